The molecule has 2 aromatic carbocycles. The van der Waals surface area contributed by atoms with Crippen LogP contribution in [0.25, 0.3) is 10.9 Å². The number of rotatable bonds is 3. The lowest BCUT2D eigenvalue weighted by molar-refractivity contribution is 1.10. The van der Waals surface area contributed by atoms with Crippen LogP contribution in [0.5, 0.6) is 0 Å². The number of para-hydroxylation sites is 1. The molecule has 0 saturated heterocycles. The molecule has 0 amide bonds. The topological polar surface area (TPSA) is 51.8 Å². The van der Waals surface area contributed by atoms with Crippen LogP contribution in [0.2, 0.25) is 5.02 Å². The SMILES string of the molecule is Nc1ccc(CSc2ncnc3ccccc23)c(Cl)c1. The number of nitrogen functional groups attached to an aromatic ring is 1. The Morgan fingerprint density at radius 2 is 1.95 bits per heavy atom. The monoisotopic (exact) mass is 301 g/mol. The molecule has 0 bridgehead atoms. The molecule has 1 heterocycles. The largest absolute Gasteiger partial charge is 0.399 e. The standard InChI is InChI=1S/C15H12ClN3S/c16-13-7-11(17)6-5-10(13)8-20-15-12-3-1-2-4-14(12)18-9-19-15/h1-7,9H,8,17H2. The van der Waals surface area contributed by atoms with Gasteiger partial charge in [0.25, 0.3) is 0 Å². The van der Waals surface area contributed by atoms with Crippen LogP contribution in [0, 0.1) is 0 Å². The highest BCUT2D eigenvalue weighted by atomic mass is 35.5. The minimum absolute atomic E-state index is 0.677. The summed E-state index contributed by atoms with van der Waals surface area (Å²) in [5.74, 6) is 0.750. The fourth-order valence-electron chi connectivity index (χ4n) is 1.92. The molecule has 3 nitrogen and oxygen atoms in total. The van der Waals surface area contributed by atoms with Crippen LogP contribution < -0.4 is 5.73 Å². The molecule has 20 heavy (non-hydrogen) atoms. The first-order chi connectivity index (χ1) is 9.74. The minimum atomic E-state index is 0.677. The van der Waals surface area contributed by atoms with Gasteiger partial charge < -0.3 is 5.73 Å². The van der Waals surface area contributed by atoms with Crippen LogP contribution in [0.3, 0.4) is 0 Å². The lowest BCUT2D eigenvalue weighted by Gasteiger charge is -2.06. The third-order valence-electron chi connectivity index (χ3n) is 2.95. The number of thioether (sulfide) groups is 1. The Kier molecular flexibility index (Phi) is 3.76. The normalized spacial score (nSPS) is 10.8. The first kappa shape index (κ1) is 13.2. The molecular formula is C15H12ClN3S. The summed E-state index contributed by atoms with van der Waals surface area (Å²) in [4.78, 5) is 8.61. The zero-order chi connectivity index (χ0) is 13.9. The number of anilines is 1. The third-order valence-corrected chi connectivity index (χ3v) is 4.35. The molecule has 0 saturated carbocycles. The van der Waals surface area contributed by atoms with E-state index < -0.39 is 0 Å². The van der Waals surface area contributed by atoms with Crippen LogP contribution in [0.4, 0.5) is 5.69 Å². The van der Waals surface area contributed by atoms with Crippen LogP contribution in [-0.4, -0.2) is 9.97 Å². The fraction of sp³-hybridized carbons (Fsp3) is 0.0667. The van der Waals surface area contributed by atoms with Gasteiger partial charge >= 0.3 is 0 Å². The van der Waals surface area contributed by atoms with Gasteiger partial charge in [-0.1, -0.05) is 35.9 Å². The van der Waals surface area contributed by atoms with Gasteiger partial charge in [0.2, 0.25) is 0 Å². The Labute approximate surface area is 126 Å². The van der Waals surface area contributed by atoms with Crippen LogP contribution in [-0.2, 0) is 5.75 Å². The fourth-order valence-corrected chi connectivity index (χ4v) is 3.25. The van der Waals surface area contributed by atoms with Crippen molar-refractivity contribution in [2.24, 2.45) is 0 Å². The maximum absolute atomic E-state index is 6.19. The van der Waals surface area contributed by atoms with Gasteiger partial charge in [0.15, 0.2) is 0 Å². The minimum Gasteiger partial charge on any atom is -0.399 e. The van der Waals surface area contributed by atoms with Gasteiger partial charge in [0.1, 0.15) is 11.4 Å². The van der Waals surface area contributed by atoms with E-state index in [1.807, 2.05) is 36.4 Å². The third kappa shape index (κ3) is 2.71. The molecule has 5 heteroatoms. The smallest absolute Gasteiger partial charge is 0.117 e. The van der Waals surface area contributed by atoms with Crippen LogP contribution in [0.15, 0.2) is 53.8 Å². The van der Waals surface area contributed by atoms with E-state index in [-0.39, 0.29) is 0 Å². The molecule has 0 unspecified atom stereocenters. The van der Waals surface area contributed by atoms with Crippen molar-refractivity contribution in [3.63, 3.8) is 0 Å². The Morgan fingerprint density at radius 1 is 1.10 bits per heavy atom. The molecule has 1 aromatic heterocycles. The van der Waals surface area contributed by atoms with Crippen molar-refractivity contribution in [3.8, 4) is 0 Å². The number of nitrogens with zero attached hydrogens (tertiary/aromatic N) is 2. The Balaban J connectivity index is 1.87. The second-order valence-electron chi connectivity index (χ2n) is 4.34. The first-order valence-corrected chi connectivity index (χ1v) is 7.47. The summed E-state index contributed by atoms with van der Waals surface area (Å²) in [5.41, 5.74) is 8.38. The van der Waals surface area contributed by atoms with E-state index in [0.29, 0.717) is 10.7 Å². The van der Waals surface area contributed by atoms with Crippen molar-refractivity contribution < 1.29 is 0 Å². The molecule has 0 fully saturated rings. The predicted molar refractivity (Wildman–Crippen MR) is 85.0 cm³/mol. The Morgan fingerprint density at radius 3 is 2.80 bits per heavy atom. The summed E-state index contributed by atoms with van der Waals surface area (Å²) >= 11 is 7.83. The molecule has 0 aliphatic rings. The molecule has 100 valence electrons. The maximum atomic E-state index is 6.19. The van der Waals surface area contributed by atoms with Gasteiger partial charge in [-0.25, -0.2) is 9.97 Å². The maximum Gasteiger partial charge on any atom is 0.117 e. The van der Waals surface area contributed by atoms with E-state index in [9.17, 15) is 0 Å². The second-order valence-corrected chi connectivity index (χ2v) is 5.71. The molecule has 0 radical (unpaired) electrons. The molecule has 2 N–H and O–H groups in total. The first-order valence-electron chi connectivity index (χ1n) is 6.10. The van der Waals surface area contributed by atoms with Crippen molar-refractivity contribution in [2.75, 3.05) is 5.73 Å². The molecule has 0 spiro atoms. The number of benzene rings is 2. The van der Waals surface area contributed by atoms with E-state index in [1.54, 1.807) is 24.2 Å². The highest BCUT2D eigenvalue weighted by Crippen LogP contribution is 2.30. The molecule has 3 rings (SSSR count). The Hall–Kier alpha value is -1.78. The van der Waals surface area contributed by atoms with E-state index in [0.717, 1.165) is 27.2 Å². The van der Waals surface area contributed by atoms with E-state index >= 15 is 0 Å². The van der Waals surface area contributed by atoms with Gasteiger partial charge in [-0.15, -0.1) is 11.8 Å². The molecular weight excluding hydrogens is 290 g/mol. The lowest BCUT2D eigenvalue weighted by atomic mass is 10.2. The quantitative estimate of drug-likeness (QED) is 0.448. The summed E-state index contributed by atoms with van der Waals surface area (Å²) in [6, 6.07) is 13.6. The zero-order valence-electron chi connectivity index (χ0n) is 10.6. The van der Waals surface area contributed by atoms with Gasteiger partial charge in [0.05, 0.1) is 5.52 Å². The van der Waals surface area contributed by atoms with Crippen molar-refractivity contribution in [3.05, 3.63) is 59.4 Å². The van der Waals surface area contributed by atoms with Gasteiger partial charge in [-0.3, -0.25) is 0 Å². The van der Waals surface area contributed by atoms with Gasteiger partial charge in [-0.2, -0.15) is 0 Å². The predicted octanol–water partition coefficient (Wildman–Crippen LogP) is 4.16. The van der Waals surface area contributed by atoms with Crippen molar-refractivity contribution in [1.82, 2.24) is 9.97 Å². The van der Waals surface area contributed by atoms with Gasteiger partial charge in [0, 0.05) is 21.8 Å². The number of hydrogen-bond donors (Lipinski definition) is 1. The molecule has 0 atom stereocenters. The van der Waals surface area contributed by atoms with E-state index in [1.165, 1.54) is 0 Å². The van der Waals surface area contributed by atoms with Gasteiger partial charge in [-0.05, 0) is 23.8 Å². The average Bonchev–Trinajstić information content (AvgIpc) is 2.46. The number of halogens is 1. The summed E-state index contributed by atoms with van der Waals surface area (Å²) in [6.07, 6.45) is 1.59. The number of hydrogen-bond acceptors (Lipinski definition) is 4. The zero-order valence-corrected chi connectivity index (χ0v) is 12.2. The number of aromatic nitrogens is 2. The summed E-state index contributed by atoms with van der Waals surface area (Å²) in [6.45, 7) is 0. The van der Waals surface area contributed by atoms with Crippen molar-refractivity contribution in [1.29, 1.82) is 0 Å². The number of nitrogens with two attached hydrogens (primary N) is 1. The lowest BCUT2D eigenvalue weighted by Crippen LogP contribution is -1.90. The van der Waals surface area contributed by atoms with Crippen molar-refractivity contribution in [2.45, 2.75) is 10.8 Å². The second kappa shape index (κ2) is 5.69. The number of fused-ring (bicyclic) bond motifs is 1. The molecule has 3 aromatic rings. The summed E-state index contributed by atoms with van der Waals surface area (Å²) < 4.78 is 0. The average molecular weight is 302 g/mol. The summed E-state index contributed by atoms with van der Waals surface area (Å²) in [5, 5.41) is 2.71. The molecule has 0 aliphatic heterocycles. The highest BCUT2D eigenvalue weighted by molar-refractivity contribution is 7.98. The summed E-state index contributed by atoms with van der Waals surface area (Å²) in [7, 11) is 0. The molecule has 0 aliphatic carbocycles. The van der Waals surface area contributed by atoms with Crippen LogP contribution in [0.1, 0.15) is 5.56 Å². The van der Waals surface area contributed by atoms with E-state index in [4.69, 9.17) is 17.3 Å². The van der Waals surface area contributed by atoms with Crippen molar-refractivity contribution >= 4 is 40.0 Å². The van der Waals surface area contributed by atoms with Crippen LogP contribution >= 0.6 is 23.4 Å². The van der Waals surface area contributed by atoms with E-state index in [2.05, 4.69) is 9.97 Å². The Bertz CT molecular complexity index is 756. The highest BCUT2D eigenvalue weighted by Gasteiger charge is 2.06.